The first kappa shape index (κ1) is 9.60. The van der Waals surface area contributed by atoms with Gasteiger partial charge < -0.3 is 10.3 Å². The molecule has 82 valence electrons. The average molecular weight is 213 g/mol. The zero-order chi connectivity index (χ0) is 11.0. The first-order valence-corrected chi connectivity index (χ1v) is 5.69. The molecular weight excluding hydrogens is 198 g/mol. The molecule has 3 rings (SSSR count). The lowest BCUT2D eigenvalue weighted by molar-refractivity contribution is 0.767. The standard InChI is InChI=1S/C13H15N3/c1-14-8-12-15-11-7-6-9-4-2-3-5-10(9)13(11)16-12/h2-5,14H,6-8H2,1H3,(H,15,16). The number of rotatable bonds is 2. The van der Waals surface area contributed by atoms with Crippen molar-refractivity contribution in [1.82, 2.24) is 15.3 Å². The quantitative estimate of drug-likeness (QED) is 0.800. The van der Waals surface area contributed by atoms with Crippen LogP contribution in [-0.2, 0) is 19.4 Å². The molecule has 1 heterocycles. The van der Waals surface area contributed by atoms with E-state index in [1.165, 1.54) is 16.8 Å². The fraction of sp³-hybridized carbons (Fsp3) is 0.308. The SMILES string of the molecule is CNCc1nc2c([nH]1)CCc1ccccc1-2. The van der Waals surface area contributed by atoms with E-state index in [1.54, 1.807) is 0 Å². The molecule has 1 aliphatic carbocycles. The van der Waals surface area contributed by atoms with Gasteiger partial charge in [0.15, 0.2) is 0 Å². The molecule has 3 nitrogen and oxygen atoms in total. The molecule has 0 saturated carbocycles. The molecule has 2 N–H and O–H groups in total. The summed E-state index contributed by atoms with van der Waals surface area (Å²) in [5.41, 5.74) is 5.14. The van der Waals surface area contributed by atoms with Gasteiger partial charge in [0.05, 0.1) is 12.2 Å². The molecule has 0 bridgehead atoms. The second kappa shape index (κ2) is 3.76. The van der Waals surface area contributed by atoms with E-state index in [9.17, 15) is 0 Å². The van der Waals surface area contributed by atoms with Gasteiger partial charge >= 0.3 is 0 Å². The van der Waals surface area contributed by atoms with E-state index in [0.717, 1.165) is 30.9 Å². The highest BCUT2D eigenvalue weighted by atomic mass is 15.0. The summed E-state index contributed by atoms with van der Waals surface area (Å²) >= 11 is 0. The molecule has 1 aromatic carbocycles. The molecule has 0 fully saturated rings. The van der Waals surface area contributed by atoms with E-state index in [2.05, 4.69) is 39.6 Å². The van der Waals surface area contributed by atoms with Crippen LogP contribution in [0.2, 0.25) is 0 Å². The summed E-state index contributed by atoms with van der Waals surface area (Å²) < 4.78 is 0. The Morgan fingerprint density at radius 3 is 3.06 bits per heavy atom. The van der Waals surface area contributed by atoms with Crippen molar-refractivity contribution in [3.05, 3.63) is 41.3 Å². The summed E-state index contributed by atoms with van der Waals surface area (Å²) in [5, 5.41) is 3.12. The second-order valence-corrected chi connectivity index (χ2v) is 4.20. The second-order valence-electron chi connectivity index (χ2n) is 4.20. The minimum absolute atomic E-state index is 0.801. The smallest absolute Gasteiger partial charge is 0.121 e. The Kier molecular flexibility index (Phi) is 2.26. The molecule has 0 unspecified atom stereocenters. The van der Waals surface area contributed by atoms with Crippen LogP contribution in [0, 0.1) is 0 Å². The summed E-state index contributed by atoms with van der Waals surface area (Å²) in [7, 11) is 1.94. The number of H-pyrrole nitrogens is 1. The molecule has 0 atom stereocenters. The number of imidazole rings is 1. The fourth-order valence-corrected chi connectivity index (χ4v) is 2.35. The molecule has 0 radical (unpaired) electrons. The Labute approximate surface area is 94.9 Å². The van der Waals surface area contributed by atoms with Gasteiger partial charge in [-0.3, -0.25) is 0 Å². The van der Waals surface area contributed by atoms with Gasteiger partial charge in [-0.1, -0.05) is 24.3 Å². The number of hydrogen-bond acceptors (Lipinski definition) is 2. The van der Waals surface area contributed by atoms with Crippen LogP contribution in [0.25, 0.3) is 11.3 Å². The molecule has 16 heavy (non-hydrogen) atoms. The Balaban J connectivity index is 2.09. The maximum Gasteiger partial charge on any atom is 0.121 e. The molecule has 0 saturated heterocycles. The minimum atomic E-state index is 0.801. The first-order chi connectivity index (χ1) is 7.88. The largest absolute Gasteiger partial charge is 0.344 e. The van der Waals surface area contributed by atoms with E-state index in [-0.39, 0.29) is 0 Å². The van der Waals surface area contributed by atoms with E-state index in [0.29, 0.717) is 0 Å². The molecule has 1 aliphatic rings. The number of aryl methyl sites for hydroxylation is 2. The van der Waals surface area contributed by atoms with Crippen LogP contribution in [0.1, 0.15) is 17.1 Å². The third-order valence-electron chi connectivity index (χ3n) is 3.09. The van der Waals surface area contributed by atoms with Gasteiger partial charge in [0.2, 0.25) is 0 Å². The summed E-state index contributed by atoms with van der Waals surface area (Å²) in [6.07, 6.45) is 2.19. The predicted molar refractivity (Wildman–Crippen MR) is 64.2 cm³/mol. The zero-order valence-corrected chi connectivity index (χ0v) is 9.38. The summed E-state index contributed by atoms with van der Waals surface area (Å²) in [6.45, 7) is 0.801. The van der Waals surface area contributed by atoms with Crippen LogP contribution in [0.3, 0.4) is 0 Å². The van der Waals surface area contributed by atoms with Crippen molar-refractivity contribution in [2.45, 2.75) is 19.4 Å². The molecule has 2 aromatic rings. The van der Waals surface area contributed by atoms with Crippen molar-refractivity contribution in [3.8, 4) is 11.3 Å². The van der Waals surface area contributed by atoms with Crippen LogP contribution < -0.4 is 5.32 Å². The molecule has 1 aromatic heterocycles. The van der Waals surface area contributed by atoms with Gasteiger partial charge in [-0.05, 0) is 25.5 Å². The van der Waals surface area contributed by atoms with Crippen LogP contribution >= 0.6 is 0 Å². The summed E-state index contributed by atoms with van der Waals surface area (Å²) in [6, 6.07) is 8.55. The summed E-state index contributed by atoms with van der Waals surface area (Å²) in [5.74, 6) is 1.03. The van der Waals surface area contributed by atoms with E-state index >= 15 is 0 Å². The lowest BCUT2D eigenvalue weighted by Gasteiger charge is -2.14. The number of fused-ring (bicyclic) bond motifs is 3. The fourth-order valence-electron chi connectivity index (χ4n) is 2.35. The van der Waals surface area contributed by atoms with E-state index in [1.807, 2.05) is 7.05 Å². The Hall–Kier alpha value is -1.61. The van der Waals surface area contributed by atoms with Crippen molar-refractivity contribution in [2.24, 2.45) is 0 Å². The highest BCUT2D eigenvalue weighted by Crippen LogP contribution is 2.31. The molecule has 0 amide bonds. The van der Waals surface area contributed by atoms with Crippen molar-refractivity contribution in [3.63, 3.8) is 0 Å². The summed E-state index contributed by atoms with van der Waals surface area (Å²) in [4.78, 5) is 8.07. The normalized spacial score (nSPS) is 13.3. The van der Waals surface area contributed by atoms with Gasteiger partial charge in [0.25, 0.3) is 0 Å². The minimum Gasteiger partial charge on any atom is -0.344 e. The first-order valence-electron chi connectivity index (χ1n) is 5.69. The van der Waals surface area contributed by atoms with Gasteiger partial charge in [0.1, 0.15) is 5.82 Å². The van der Waals surface area contributed by atoms with E-state index in [4.69, 9.17) is 0 Å². The van der Waals surface area contributed by atoms with E-state index < -0.39 is 0 Å². The van der Waals surface area contributed by atoms with Gasteiger partial charge in [-0.25, -0.2) is 4.98 Å². The third-order valence-corrected chi connectivity index (χ3v) is 3.09. The molecule has 0 spiro atoms. The monoisotopic (exact) mass is 213 g/mol. The van der Waals surface area contributed by atoms with Crippen LogP contribution in [0.5, 0.6) is 0 Å². The number of nitrogens with one attached hydrogen (secondary N) is 2. The number of aromatic amines is 1. The Morgan fingerprint density at radius 1 is 1.31 bits per heavy atom. The Bertz CT molecular complexity index is 514. The van der Waals surface area contributed by atoms with Crippen LogP contribution in [0.4, 0.5) is 0 Å². The highest BCUT2D eigenvalue weighted by molar-refractivity contribution is 5.68. The number of aromatic nitrogens is 2. The molecule has 0 aliphatic heterocycles. The van der Waals surface area contributed by atoms with Gasteiger partial charge in [-0.15, -0.1) is 0 Å². The Morgan fingerprint density at radius 2 is 2.19 bits per heavy atom. The van der Waals surface area contributed by atoms with Crippen molar-refractivity contribution in [2.75, 3.05) is 7.05 Å². The van der Waals surface area contributed by atoms with Crippen LogP contribution in [0.15, 0.2) is 24.3 Å². The molecular formula is C13H15N3. The zero-order valence-electron chi connectivity index (χ0n) is 9.38. The third kappa shape index (κ3) is 1.44. The number of nitrogens with zero attached hydrogens (tertiary/aromatic N) is 1. The van der Waals surface area contributed by atoms with Crippen molar-refractivity contribution < 1.29 is 0 Å². The predicted octanol–water partition coefficient (Wildman–Crippen LogP) is 1.89. The van der Waals surface area contributed by atoms with Crippen molar-refractivity contribution in [1.29, 1.82) is 0 Å². The topological polar surface area (TPSA) is 40.7 Å². The molecule has 3 heteroatoms. The average Bonchev–Trinajstić information content (AvgIpc) is 2.72. The van der Waals surface area contributed by atoms with Gasteiger partial charge in [0, 0.05) is 11.3 Å². The number of benzene rings is 1. The lowest BCUT2D eigenvalue weighted by Crippen LogP contribution is -2.06. The maximum atomic E-state index is 4.66. The van der Waals surface area contributed by atoms with Crippen LogP contribution in [-0.4, -0.2) is 17.0 Å². The lowest BCUT2D eigenvalue weighted by atomic mass is 9.93. The van der Waals surface area contributed by atoms with Gasteiger partial charge in [-0.2, -0.15) is 0 Å². The van der Waals surface area contributed by atoms with Crippen molar-refractivity contribution >= 4 is 0 Å². The number of hydrogen-bond donors (Lipinski definition) is 2. The maximum absolute atomic E-state index is 4.66. The highest BCUT2D eigenvalue weighted by Gasteiger charge is 2.19.